The summed E-state index contributed by atoms with van der Waals surface area (Å²) in [5, 5.41) is 13.5. The summed E-state index contributed by atoms with van der Waals surface area (Å²) in [4.78, 5) is 55.6. The molecule has 0 radical (unpaired) electrons. The number of H-pyrrole nitrogens is 1. The summed E-state index contributed by atoms with van der Waals surface area (Å²) >= 11 is 0. The number of aromatic nitrogens is 2. The first-order valence-electron chi connectivity index (χ1n) is 10.9. The van der Waals surface area contributed by atoms with E-state index in [1.807, 2.05) is 0 Å². The predicted octanol–water partition coefficient (Wildman–Crippen LogP) is 2.36. The molecule has 10 nitrogen and oxygen atoms in total. The molecule has 3 rings (SSSR count). The van der Waals surface area contributed by atoms with Gasteiger partial charge in [0, 0.05) is 11.6 Å². The maximum atomic E-state index is 13.8. The molecular formula is C24H20F4N4O6. The molecule has 0 unspecified atom stereocenters. The smallest absolute Gasteiger partial charge is 0.305 e. The van der Waals surface area contributed by atoms with Crippen molar-refractivity contribution in [1.29, 1.82) is 0 Å². The molecule has 1 heterocycles. The van der Waals surface area contributed by atoms with Crippen molar-refractivity contribution < 1.29 is 46.6 Å². The van der Waals surface area contributed by atoms with Crippen LogP contribution >= 0.6 is 0 Å². The number of aromatic amines is 1. The van der Waals surface area contributed by atoms with E-state index in [1.54, 1.807) is 30.3 Å². The van der Waals surface area contributed by atoms with E-state index in [1.165, 1.54) is 13.1 Å². The Morgan fingerprint density at radius 2 is 1.66 bits per heavy atom. The van der Waals surface area contributed by atoms with Gasteiger partial charge >= 0.3 is 5.97 Å². The van der Waals surface area contributed by atoms with Crippen LogP contribution in [0.3, 0.4) is 0 Å². The maximum absolute atomic E-state index is 13.8. The highest BCUT2D eigenvalue weighted by atomic mass is 19.2. The van der Waals surface area contributed by atoms with E-state index in [4.69, 9.17) is 5.11 Å². The summed E-state index contributed by atoms with van der Waals surface area (Å²) in [6.07, 6.45) is 0.280. The van der Waals surface area contributed by atoms with Crippen LogP contribution in [0.5, 0.6) is 5.75 Å². The third kappa shape index (κ3) is 6.72. The van der Waals surface area contributed by atoms with Gasteiger partial charge in [-0.3, -0.25) is 19.2 Å². The van der Waals surface area contributed by atoms with E-state index < -0.39 is 77.7 Å². The van der Waals surface area contributed by atoms with E-state index in [2.05, 4.69) is 25.3 Å². The lowest BCUT2D eigenvalue weighted by molar-refractivity contribution is -0.140. The number of aliphatic carboxylic acids is 1. The molecular weight excluding hydrogens is 516 g/mol. The average molecular weight is 536 g/mol. The number of Topliss-reactive ketones (excluding diaryl/α,β-unsaturated/α-hetero) is 1. The lowest BCUT2D eigenvalue weighted by Crippen LogP contribution is -2.51. The number of ketones is 1. The Hall–Kier alpha value is -4.75. The highest BCUT2D eigenvalue weighted by Gasteiger charge is 2.29. The molecule has 0 saturated heterocycles. The van der Waals surface area contributed by atoms with E-state index in [9.17, 15) is 36.7 Å². The van der Waals surface area contributed by atoms with Crippen LogP contribution in [0.4, 0.5) is 17.6 Å². The standard InChI is InChI=1S/C24H20F4N4O6/c1-11(30-24(37)16-9-29-22(31-16)12-5-3-2-4-6-12)23(36)32-15(8-18(34)35)17(33)10-38-21-19(27)13(25)7-14(26)20(21)28/h2-7,9,11,15H,8,10H2,1H3,(H,29,31)(H,30,37)(H,32,36)(H,34,35)/t11-,15-/m0/s1. The topological polar surface area (TPSA) is 150 Å². The number of amides is 2. The fraction of sp³-hybridized carbons (Fsp3) is 0.208. The van der Waals surface area contributed by atoms with Crippen molar-refractivity contribution in [2.45, 2.75) is 25.4 Å². The number of hydrogen-bond donors (Lipinski definition) is 4. The van der Waals surface area contributed by atoms with Crippen LogP contribution in [0.1, 0.15) is 23.8 Å². The zero-order valence-electron chi connectivity index (χ0n) is 19.6. The van der Waals surface area contributed by atoms with Crippen LogP contribution in [-0.4, -0.2) is 57.3 Å². The number of carbonyl (C=O) groups is 4. The molecule has 0 spiro atoms. The van der Waals surface area contributed by atoms with Crippen molar-refractivity contribution in [3.63, 3.8) is 0 Å². The number of halogens is 4. The highest BCUT2D eigenvalue weighted by molar-refractivity contribution is 5.98. The Kier molecular flexibility index (Phi) is 8.78. The van der Waals surface area contributed by atoms with E-state index in [-0.39, 0.29) is 11.8 Å². The van der Waals surface area contributed by atoms with Crippen molar-refractivity contribution in [1.82, 2.24) is 20.6 Å². The van der Waals surface area contributed by atoms with Gasteiger partial charge in [-0.1, -0.05) is 30.3 Å². The van der Waals surface area contributed by atoms with E-state index in [0.717, 1.165) is 0 Å². The van der Waals surface area contributed by atoms with Crippen LogP contribution < -0.4 is 15.4 Å². The summed E-state index contributed by atoms with van der Waals surface area (Å²) in [7, 11) is 0. The number of carboxylic acids is 1. The van der Waals surface area contributed by atoms with Crippen molar-refractivity contribution in [3.8, 4) is 17.1 Å². The molecule has 2 aromatic carbocycles. The number of ether oxygens (including phenoxy) is 1. The number of hydrogen-bond acceptors (Lipinski definition) is 6. The fourth-order valence-electron chi connectivity index (χ4n) is 3.16. The normalized spacial score (nSPS) is 12.3. The second-order valence-corrected chi connectivity index (χ2v) is 7.92. The summed E-state index contributed by atoms with van der Waals surface area (Å²) in [6.45, 7) is 0.0207. The molecule has 0 bridgehead atoms. The molecule has 4 N–H and O–H groups in total. The molecule has 3 aromatic rings. The first-order valence-corrected chi connectivity index (χ1v) is 10.9. The van der Waals surface area contributed by atoms with Gasteiger partial charge in [0.25, 0.3) is 5.91 Å². The number of rotatable bonds is 11. The minimum absolute atomic E-state index is 0.0152. The summed E-state index contributed by atoms with van der Waals surface area (Å²) < 4.78 is 58.7. The van der Waals surface area contributed by atoms with E-state index in [0.29, 0.717) is 11.4 Å². The first-order chi connectivity index (χ1) is 18.0. The SMILES string of the molecule is C[C@H](NC(=O)c1cnc(-c2ccccc2)[nH]1)C(=O)N[C@@H](CC(=O)O)C(=O)COc1c(F)c(F)cc(F)c1F. The zero-order chi connectivity index (χ0) is 28.0. The molecule has 2 amide bonds. The third-order valence-electron chi connectivity index (χ3n) is 5.12. The molecule has 0 aliphatic carbocycles. The molecule has 0 aliphatic rings. The van der Waals surface area contributed by atoms with Crippen LogP contribution in [0.15, 0.2) is 42.6 Å². The largest absolute Gasteiger partial charge is 0.481 e. The van der Waals surface area contributed by atoms with Crippen molar-refractivity contribution in [2.24, 2.45) is 0 Å². The molecule has 2 atom stereocenters. The average Bonchev–Trinajstić information content (AvgIpc) is 3.38. The van der Waals surface area contributed by atoms with E-state index >= 15 is 0 Å². The van der Waals surface area contributed by atoms with Gasteiger partial charge in [-0.2, -0.15) is 8.78 Å². The molecule has 38 heavy (non-hydrogen) atoms. The van der Waals surface area contributed by atoms with Gasteiger partial charge in [0.15, 0.2) is 23.2 Å². The third-order valence-corrected chi connectivity index (χ3v) is 5.12. The summed E-state index contributed by atoms with van der Waals surface area (Å²) in [6, 6.07) is 5.76. The molecule has 14 heteroatoms. The van der Waals surface area contributed by atoms with Crippen LogP contribution in [0, 0.1) is 23.3 Å². The van der Waals surface area contributed by atoms with Crippen molar-refractivity contribution in [3.05, 3.63) is 71.6 Å². The lowest BCUT2D eigenvalue weighted by Gasteiger charge is -2.20. The maximum Gasteiger partial charge on any atom is 0.305 e. The van der Waals surface area contributed by atoms with Gasteiger partial charge in [-0.25, -0.2) is 13.8 Å². The highest BCUT2D eigenvalue weighted by Crippen LogP contribution is 2.26. The number of nitrogens with one attached hydrogen (secondary N) is 3. The van der Waals surface area contributed by atoms with Crippen molar-refractivity contribution >= 4 is 23.6 Å². The molecule has 0 saturated carbocycles. The van der Waals surface area contributed by atoms with Gasteiger partial charge in [0.05, 0.1) is 12.6 Å². The van der Waals surface area contributed by atoms with Crippen LogP contribution in [0.25, 0.3) is 11.4 Å². The Bertz CT molecular complexity index is 1340. The van der Waals surface area contributed by atoms with Gasteiger partial charge in [-0.15, -0.1) is 0 Å². The number of imidazole rings is 1. The second kappa shape index (κ2) is 12.0. The van der Waals surface area contributed by atoms with Gasteiger partial charge in [0.1, 0.15) is 30.2 Å². The van der Waals surface area contributed by atoms with Gasteiger partial charge < -0.3 is 25.5 Å². The molecule has 0 aliphatic heterocycles. The predicted molar refractivity (Wildman–Crippen MR) is 122 cm³/mol. The molecule has 200 valence electrons. The number of carboxylic acid groups (broad SMARTS) is 1. The quantitative estimate of drug-likeness (QED) is 0.217. The fourth-order valence-corrected chi connectivity index (χ4v) is 3.16. The van der Waals surface area contributed by atoms with Crippen LogP contribution in [0.2, 0.25) is 0 Å². The second-order valence-electron chi connectivity index (χ2n) is 7.92. The first kappa shape index (κ1) is 27.8. The van der Waals surface area contributed by atoms with Gasteiger partial charge in [0.2, 0.25) is 17.5 Å². The monoisotopic (exact) mass is 536 g/mol. The van der Waals surface area contributed by atoms with Crippen LogP contribution in [-0.2, 0) is 14.4 Å². The Morgan fingerprint density at radius 1 is 1.03 bits per heavy atom. The Labute approximate surface area is 212 Å². The van der Waals surface area contributed by atoms with Gasteiger partial charge in [-0.05, 0) is 6.92 Å². The number of carbonyl (C=O) groups excluding carboxylic acids is 3. The lowest BCUT2D eigenvalue weighted by atomic mass is 10.1. The zero-order valence-corrected chi connectivity index (χ0v) is 19.6. The Balaban J connectivity index is 1.63. The minimum atomic E-state index is -1.90. The molecule has 0 fully saturated rings. The number of nitrogens with zero attached hydrogens (tertiary/aromatic N) is 1. The number of benzene rings is 2. The molecule has 1 aromatic heterocycles. The minimum Gasteiger partial charge on any atom is -0.481 e. The Morgan fingerprint density at radius 3 is 2.26 bits per heavy atom. The van der Waals surface area contributed by atoms with Crippen molar-refractivity contribution in [2.75, 3.05) is 6.61 Å². The summed E-state index contributed by atoms with van der Waals surface area (Å²) in [5.74, 6) is -12.9. The summed E-state index contributed by atoms with van der Waals surface area (Å²) in [5.41, 5.74) is 0.719.